The molecule has 2 heterocycles. The minimum atomic E-state index is -0.339. The molecule has 116 valence electrons. The molecular formula is C16H23BrN2O2. The summed E-state index contributed by atoms with van der Waals surface area (Å²) >= 11 is 3.45. The second-order valence-corrected chi connectivity index (χ2v) is 7.06. The van der Waals surface area contributed by atoms with Crippen LogP contribution in [-0.2, 0) is 11.2 Å². The maximum atomic E-state index is 11.0. The molecule has 1 aromatic rings. The van der Waals surface area contributed by atoms with Crippen molar-refractivity contribution >= 4 is 15.9 Å². The highest BCUT2D eigenvalue weighted by molar-refractivity contribution is 9.10. The molecule has 2 fully saturated rings. The Labute approximate surface area is 134 Å². The van der Waals surface area contributed by atoms with Crippen LogP contribution in [0.3, 0.4) is 0 Å². The number of morpholine rings is 1. The molecular weight excluding hydrogens is 332 g/mol. The second kappa shape index (κ2) is 6.73. The third-order valence-electron chi connectivity index (χ3n) is 4.92. The third-order valence-corrected chi connectivity index (χ3v) is 5.35. The summed E-state index contributed by atoms with van der Waals surface area (Å²) in [6.45, 7) is 3.45. The molecule has 1 saturated heterocycles. The molecule has 1 unspecified atom stereocenters. The Kier molecular flexibility index (Phi) is 4.94. The molecule has 21 heavy (non-hydrogen) atoms. The topological polar surface area (TPSA) is 45.6 Å². The molecule has 0 bridgehead atoms. The van der Waals surface area contributed by atoms with E-state index < -0.39 is 0 Å². The van der Waals surface area contributed by atoms with Crippen molar-refractivity contribution in [2.45, 2.75) is 43.7 Å². The van der Waals surface area contributed by atoms with E-state index in [0.29, 0.717) is 6.42 Å². The van der Waals surface area contributed by atoms with Gasteiger partial charge in [0, 0.05) is 41.9 Å². The van der Waals surface area contributed by atoms with Crippen molar-refractivity contribution in [3.05, 3.63) is 28.5 Å². The summed E-state index contributed by atoms with van der Waals surface area (Å²) < 4.78 is 6.45. The average Bonchev–Trinajstić information content (AvgIpc) is 2.99. The average molecular weight is 355 g/mol. The first-order valence-electron chi connectivity index (χ1n) is 7.81. The Morgan fingerprint density at radius 1 is 1.29 bits per heavy atom. The number of aliphatic hydroxyl groups is 1. The van der Waals surface area contributed by atoms with Crippen LogP contribution in [-0.4, -0.2) is 52.9 Å². The van der Waals surface area contributed by atoms with E-state index in [1.807, 2.05) is 6.20 Å². The summed E-state index contributed by atoms with van der Waals surface area (Å²) in [5.74, 6) is 0. The van der Waals surface area contributed by atoms with Crippen molar-refractivity contribution in [1.82, 2.24) is 9.88 Å². The van der Waals surface area contributed by atoms with Gasteiger partial charge in [-0.3, -0.25) is 9.88 Å². The Balaban J connectivity index is 1.76. The van der Waals surface area contributed by atoms with Gasteiger partial charge >= 0.3 is 0 Å². The molecule has 0 amide bonds. The van der Waals surface area contributed by atoms with Crippen molar-refractivity contribution in [3.8, 4) is 0 Å². The highest BCUT2D eigenvalue weighted by Gasteiger charge is 2.45. The summed E-state index contributed by atoms with van der Waals surface area (Å²) in [6, 6.07) is 2.05. The van der Waals surface area contributed by atoms with Crippen LogP contribution in [0.1, 0.15) is 31.2 Å². The maximum absolute atomic E-state index is 11.0. The maximum Gasteiger partial charge on any atom is 0.0764 e. The first-order chi connectivity index (χ1) is 10.2. The van der Waals surface area contributed by atoms with Crippen molar-refractivity contribution in [2.75, 3.05) is 26.3 Å². The Morgan fingerprint density at radius 3 is 2.67 bits per heavy atom. The van der Waals surface area contributed by atoms with Crippen molar-refractivity contribution < 1.29 is 9.84 Å². The SMILES string of the molecule is OC(Cc1cncc(Br)c1)C1(N2CCOCC2)CCCC1. The molecule has 0 radical (unpaired) electrons. The highest BCUT2D eigenvalue weighted by Crippen LogP contribution is 2.39. The molecule has 1 aromatic heterocycles. The van der Waals surface area contributed by atoms with Crippen LogP contribution in [0.5, 0.6) is 0 Å². The molecule has 1 N–H and O–H groups in total. The normalized spacial score (nSPS) is 24.1. The van der Waals surface area contributed by atoms with E-state index in [9.17, 15) is 5.11 Å². The summed E-state index contributed by atoms with van der Waals surface area (Å²) in [6.07, 6.45) is 8.58. The van der Waals surface area contributed by atoms with E-state index in [1.165, 1.54) is 12.8 Å². The summed E-state index contributed by atoms with van der Waals surface area (Å²) in [5.41, 5.74) is 1.03. The standard InChI is InChI=1S/C16H23BrN2O2/c17-14-9-13(11-18-12-14)10-15(20)16(3-1-2-4-16)19-5-7-21-8-6-19/h9,11-12,15,20H,1-8,10H2. The molecule has 0 aromatic carbocycles. The quantitative estimate of drug-likeness (QED) is 0.901. The van der Waals surface area contributed by atoms with E-state index in [-0.39, 0.29) is 11.6 Å². The lowest BCUT2D eigenvalue weighted by Crippen LogP contribution is -2.59. The molecule has 0 spiro atoms. The Hall–Kier alpha value is -0.490. The van der Waals surface area contributed by atoms with Gasteiger partial charge in [-0.15, -0.1) is 0 Å². The van der Waals surface area contributed by atoms with Crippen LogP contribution in [0.25, 0.3) is 0 Å². The number of hydrogen-bond acceptors (Lipinski definition) is 4. The zero-order valence-corrected chi connectivity index (χ0v) is 13.9. The number of nitrogens with zero attached hydrogens (tertiary/aromatic N) is 2. The summed E-state index contributed by atoms with van der Waals surface area (Å²) in [7, 11) is 0. The number of aromatic nitrogens is 1. The van der Waals surface area contributed by atoms with Crippen LogP contribution < -0.4 is 0 Å². The van der Waals surface area contributed by atoms with E-state index in [4.69, 9.17) is 4.74 Å². The fourth-order valence-corrected chi connectivity index (χ4v) is 4.25. The lowest BCUT2D eigenvalue weighted by Gasteiger charge is -2.46. The minimum Gasteiger partial charge on any atom is -0.391 e. The molecule has 1 aliphatic carbocycles. The van der Waals surface area contributed by atoms with Gasteiger partial charge in [0.2, 0.25) is 0 Å². The number of aliphatic hydroxyl groups excluding tert-OH is 1. The van der Waals surface area contributed by atoms with Crippen LogP contribution in [0, 0.1) is 0 Å². The van der Waals surface area contributed by atoms with Gasteiger partial charge in [-0.25, -0.2) is 0 Å². The number of halogens is 1. The van der Waals surface area contributed by atoms with Crippen LogP contribution in [0.15, 0.2) is 22.9 Å². The molecule has 1 saturated carbocycles. The van der Waals surface area contributed by atoms with Gasteiger partial charge in [0.25, 0.3) is 0 Å². The van der Waals surface area contributed by atoms with Gasteiger partial charge in [-0.2, -0.15) is 0 Å². The number of pyridine rings is 1. The number of rotatable bonds is 4. The van der Waals surface area contributed by atoms with E-state index in [1.54, 1.807) is 6.20 Å². The number of ether oxygens (including phenoxy) is 1. The first-order valence-corrected chi connectivity index (χ1v) is 8.60. The van der Waals surface area contributed by atoms with Crippen LogP contribution in [0.2, 0.25) is 0 Å². The van der Waals surface area contributed by atoms with Crippen molar-refractivity contribution in [1.29, 1.82) is 0 Å². The zero-order valence-electron chi connectivity index (χ0n) is 12.3. The molecule has 1 aliphatic heterocycles. The largest absolute Gasteiger partial charge is 0.391 e. The Bertz CT molecular complexity index is 471. The summed E-state index contributed by atoms with van der Waals surface area (Å²) in [5, 5.41) is 11.0. The first kappa shape index (κ1) is 15.4. The highest BCUT2D eigenvalue weighted by atomic mass is 79.9. The lowest BCUT2D eigenvalue weighted by molar-refractivity contribution is -0.0754. The van der Waals surface area contributed by atoms with E-state index in [0.717, 1.165) is 49.2 Å². The van der Waals surface area contributed by atoms with Gasteiger partial charge in [-0.1, -0.05) is 12.8 Å². The fourth-order valence-electron chi connectivity index (χ4n) is 3.84. The number of hydrogen-bond donors (Lipinski definition) is 1. The second-order valence-electron chi connectivity index (χ2n) is 6.14. The van der Waals surface area contributed by atoms with Crippen LogP contribution in [0.4, 0.5) is 0 Å². The van der Waals surface area contributed by atoms with Crippen molar-refractivity contribution in [3.63, 3.8) is 0 Å². The predicted molar refractivity (Wildman–Crippen MR) is 85.2 cm³/mol. The molecule has 5 heteroatoms. The Morgan fingerprint density at radius 2 is 2.00 bits per heavy atom. The van der Waals surface area contributed by atoms with Crippen molar-refractivity contribution in [2.24, 2.45) is 0 Å². The minimum absolute atomic E-state index is 0.0634. The van der Waals surface area contributed by atoms with E-state index in [2.05, 4.69) is 31.9 Å². The predicted octanol–water partition coefficient (Wildman–Crippen LogP) is 2.39. The van der Waals surface area contributed by atoms with Gasteiger partial charge in [0.1, 0.15) is 0 Å². The van der Waals surface area contributed by atoms with Crippen LogP contribution >= 0.6 is 15.9 Å². The van der Waals surface area contributed by atoms with Gasteiger partial charge < -0.3 is 9.84 Å². The smallest absolute Gasteiger partial charge is 0.0764 e. The third kappa shape index (κ3) is 3.31. The molecule has 3 rings (SSSR count). The fraction of sp³-hybridized carbons (Fsp3) is 0.688. The summed E-state index contributed by atoms with van der Waals surface area (Å²) in [4.78, 5) is 6.68. The molecule has 2 aliphatic rings. The van der Waals surface area contributed by atoms with Gasteiger partial charge in [0.15, 0.2) is 0 Å². The van der Waals surface area contributed by atoms with Gasteiger partial charge in [0.05, 0.1) is 19.3 Å². The van der Waals surface area contributed by atoms with Gasteiger partial charge in [-0.05, 0) is 40.4 Å². The lowest BCUT2D eigenvalue weighted by atomic mass is 9.84. The monoisotopic (exact) mass is 354 g/mol. The zero-order chi connectivity index (χ0) is 14.7. The van der Waals surface area contributed by atoms with E-state index >= 15 is 0 Å². The molecule has 4 nitrogen and oxygen atoms in total. The molecule has 1 atom stereocenters.